The minimum absolute atomic E-state index is 0.662. The van der Waals surface area contributed by atoms with Crippen LogP contribution in [0.4, 0.5) is 0 Å². The first kappa shape index (κ1) is 13.1. The van der Waals surface area contributed by atoms with Crippen LogP contribution >= 0.6 is 15.9 Å². The predicted octanol–water partition coefficient (Wildman–Crippen LogP) is 3.94. The van der Waals surface area contributed by atoms with Crippen molar-refractivity contribution in [1.82, 2.24) is 4.90 Å². The van der Waals surface area contributed by atoms with E-state index in [1.54, 1.807) is 0 Å². The summed E-state index contributed by atoms with van der Waals surface area (Å²) in [5.41, 5.74) is 1.43. The zero-order valence-electron chi connectivity index (χ0n) is 11.8. The maximum Gasteiger partial charge on any atom is 0.122 e. The van der Waals surface area contributed by atoms with E-state index < -0.39 is 0 Å². The molecule has 4 rings (SSSR count). The molecular weight excluding hydrogens is 314 g/mol. The molecule has 3 atom stereocenters. The van der Waals surface area contributed by atoms with Crippen molar-refractivity contribution in [2.75, 3.05) is 13.2 Å². The molecule has 3 aliphatic heterocycles. The molecule has 3 unspecified atom stereocenters. The van der Waals surface area contributed by atoms with E-state index in [0.717, 1.165) is 29.3 Å². The van der Waals surface area contributed by atoms with E-state index in [9.17, 15) is 0 Å². The fraction of sp³-hybridized carbons (Fsp3) is 0.647. The fourth-order valence-electron chi connectivity index (χ4n) is 4.37. The summed E-state index contributed by atoms with van der Waals surface area (Å²) in [6.07, 6.45) is 6.64. The van der Waals surface area contributed by atoms with E-state index in [0.29, 0.717) is 5.92 Å². The van der Waals surface area contributed by atoms with E-state index in [-0.39, 0.29) is 0 Å². The maximum atomic E-state index is 5.80. The summed E-state index contributed by atoms with van der Waals surface area (Å²) in [7, 11) is 0. The second-order valence-corrected chi connectivity index (χ2v) is 7.82. The molecule has 0 N–H and O–H groups in total. The van der Waals surface area contributed by atoms with Crippen LogP contribution in [0, 0.1) is 0 Å². The van der Waals surface area contributed by atoms with Crippen LogP contribution in [0.1, 0.15) is 43.6 Å². The van der Waals surface area contributed by atoms with Gasteiger partial charge in [0, 0.05) is 29.4 Å². The number of rotatable bonds is 2. The molecule has 0 aromatic heterocycles. The Kier molecular flexibility index (Phi) is 3.51. The van der Waals surface area contributed by atoms with Gasteiger partial charge >= 0.3 is 0 Å². The first-order valence-electron chi connectivity index (χ1n) is 7.93. The monoisotopic (exact) mass is 335 g/mol. The second-order valence-electron chi connectivity index (χ2n) is 6.52. The van der Waals surface area contributed by atoms with Crippen LogP contribution < -0.4 is 4.74 Å². The normalized spacial score (nSPS) is 36.5. The van der Waals surface area contributed by atoms with Crippen LogP contribution in [0.2, 0.25) is 0 Å². The first-order chi connectivity index (χ1) is 9.81. The van der Waals surface area contributed by atoms with E-state index in [1.165, 1.54) is 44.2 Å². The quantitative estimate of drug-likeness (QED) is 0.759. The SMILES string of the molecule is BrC1CC2CCC(C1)N2CC1CCOc2ccccc21. The molecule has 1 aromatic carbocycles. The van der Waals surface area contributed by atoms with Crippen molar-refractivity contribution in [2.45, 2.75) is 54.9 Å². The van der Waals surface area contributed by atoms with E-state index in [4.69, 9.17) is 4.74 Å². The number of hydrogen-bond donors (Lipinski definition) is 0. The van der Waals surface area contributed by atoms with Gasteiger partial charge in [0.1, 0.15) is 5.75 Å². The van der Waals surface area contributed by atoms with Gasteiger partial charge in [-0.25, -0.2) is 0 Å². The van der Waals surface area contributed by atoms with Gasteiger partial charge in [0.2, 0.25) is 0 Å². The molecule has 0 spiro atoms. The lowest BCUT2D eigenvalue weighted by atomic mass is 9.91. The van der Waals surface area contributed by atoms with Crippen LogP contribution in [0.15, 0.2) is 24.3 Å². The summed E-state index contributed by atoms with van der Waals surface area (Å²) >= 11 is 3.84. The number of nitrogens with zero attached hydrogens (tertiary/aromatic N) is 1. The highest BCUT2D eigenvalue weighted by Gasteiger charge is 2.41. The molecule has 2 bridgehead atoms. The zero-order chi connectivity index (χ0) is 13.5. The van der Waals surface area contributed by atoms with Crippen molar-refractivity contribution in [3.63, 3.8) is 0 Å². The molecule has 0 saturated carbocycles. The Morgan fingerprint density at radius 2 is 1.85 bits per heavy atom. The Balaban J connectivity index is 1.53. The summed E-state index contributed by atoms with van der Waals surface area (Å²) in [6.45, 7) is 2.11. The number of halogens is 1. The largest absolute Gasteiger partial charge is 0.493 e. The Bertz CT molecular complexity index is 478. The van der Waals surface area contributed by atoms with Gasteiger partial charge in [-0.05, 0) is 43.7 Å². The van der Waals surface area contributed by atoms with Gasteiger partial charge in [0.05, 0.1) is 6.61 Å². The molecule has 0 radical (unpaired) electrons. The molecule has 20 heavy (non-hydrogen) atoms. The summed E-state index contributed by atoms with van der Waals surface area (Å²) < 4.78 is 5.80. The van der Waals surface area contributed by atoms with Gasteiger partial charge in [-0.15, -0.1) is 0 Å². The molecule has 3 heteroatoms. The standard InChI is InChI=1S/C17H22BrNO/c18-13-9-14-5-6-15(10-13)19(14)11-12-7-8-20-17-4-2-1-3-16(12)17/h1-4,12-15H,5-11H2. The van der Waals surface area contributed by atoms with Crippen molar-refractivity contribution < 1.29 is 4.74 Å². The van der Waals surface area contributed by atoms with Gasteiger partial charge < -0.3 is 4.74 Å². The minimum Gasteiger partial charge on any atom is -0.493 e. The average molecular weight is 336 g/mol. The summed E-state index contributed by atoms with van der Waals surface area (Å²) in [5, 5.41) is 0. The fourth-order valence-corrected chi connectivity index (χ4v) is 5.23. The summed E-state index contributed by atoms with van der Waals surface area (Å²) in [6, 6.07) is 10.3. The lowest BCUT2D eigenvalue weighted by Gasteiger charge is -2.40. The molecule has 108 valence electrons. The third-order valence-electron chi connectivity index (χ3n) is 5.34. The van der Waals surface area contributed by atoms with Crippen LogP contribution in [-0.4, -0.2) is 35.0 Å². The zero-order valence-corrected chi connectivity index (χ0v) is 13.4. The van der Waals surface area contributed by atoms with E-state index in [2.05, 4.69) is 45.1 Å². The van der Waals surface area contributed by atoms with Gasteiger partial charge in [0.15, 0.2) is 0 Å². The van der Waals surface area contributed by atoms with Gasteiger partial charge in [0.25, 0.3) is 0 Å². The van der Waals surface area contributed by atoms with Crippen molar-refractivity contribution in [2.24, 2.45) is 0 Å². The third-order valence-corrected chi connectivity index (χ3v) is 6.09. The molecule has 1 aromatic rings. The average Bonchev–Trinajstić information content (AvgIpc) is 2.70. The van der Waals surface area contributed by atoms with Crippen LogP contribution in [-0.2, 0) is 0 Å². The molecule has 0 aliphatic carbocycles. The number of para-hydroxylation sites is 1. The molecule has 2 saturated heterocycles. The highest BCUT2D eigenvalue weighted by Crippen LogP contribution is 2.41. The summed E-state index contributed by atoms with van der Waals surface area (Å²) in [5.74, 6) is 1.78. The maximum absolute atomic E-state index is 5.80. The van der Waals surface area contributed by atoms with Crippen molar-refractivity contribution in [3.05, 3.63) is 29.8 Å². The number of ether oxygens (including phenoxy) is 1. The predicted molar refractivity (Wildman–Crippen MR) is 84.8 cm³/mol. The van der Waals surface area contributed by atoms with Gasteiger partial charge in [-0.2, -0.15) is 0 Å². The van der Waals surface area contributed by atoms with Crippen LogP contribution in [0.5, 0.6) is 5.75 Å². The molecule has 2 fully saturated rings. The topological polar surface area (TPSA) is 12.5 Å². The van der Waals surface area contributed by atoms with E-state index >= 15 is 0 Å². The lowest BCUT2D eigenvalue weighted by molar-refractivity contribution is 0.124. The van der Waals surface area contributed by atoms with Crippen molar-refractivity contribution in [1.29, 1.82) is 0 Å². The molecule has 3 heterocycles. The highest BCUT2D eigenvalue weighted by molar-refractivity contribution is 9.09. The third kappa shape index (κ3) is 2.29. The summed E-state index contributed by atoms with van der Waals surface area (Å²) in [4.78, 5) is 3.56. The molecule has 2 nitrogen and oxygen atoms in total. The minimum atomic E-state index is 0.662. The lowest BCUT2D eigenvalue weighted by Crippen LogP contribution is -2.45. The number of benzene rings is 1. The number of fused-ring (bicyclic) bond motifs is 3. The smallest absolute Gasteiger partial charge is 0.122 e. The number of hydrogen-bond acceptors (Lipinski definition) is 2. The van der Waals surface area contributed by atoms with Crippen molar-refractivity contribution in [3.8, 4) is 5.75 Å². The highest BCUT2D eigenvalue weighted by atomic mass is 79.9. The Morgan fingerprint density at radius 3 is 2.65 bits per heavy atom. The number of alkyl halides is 1. The van der Waals surface area contributed by atoms with Gasteiger partial charge in [-0.1, -0.05) is 34.1 Å². The second kappa shape index (κ2) is 5.34. The van der Waals surface area contributed by atoms with Crippen molar-refractivity contribution >= 4 is 15.9 Å². The molecule has 0 amide bonds. The van der Waals surface area contributed by atoms with Crippen LogP contribution in [0.3, 0.4) is 0 Å². The Hall–Kier alpha value is -0.540. The molecular formula is C17H22BrNO. The number of piperidine rings is 1. The van der Waals surface area contributed by atoms with E-state index in [1.807, 2.05) is 0 Å². The Morgan fingerprint density at radius 1 is 1.10 bits per heavy atom. The van der Waals surface area contributed by atoms with Crippen LogP contribution in [0.25, 0.3) is 0 Å². The Labute approximate surface area is 129 Å². The first-order valence-corrected chi connectivity index (χ1v) is 8.84. The van der Waals surface area contributed by atoms with Gasteiger partial charge in [-0.3, -0.25) is 4.90 Å². The molecule has 3 aliphatic rings.